The predicted molar refractivity (Wildman–Crippen MR) is 85.4 cm³/mol. The monoisotopic (exact) mass is 284 g/mol. The van der Waals surface area contributed by atoms with Crippen LogP contribution in [-0.2, 0) is 0 Å². The summed E-state index contributed by atoms with van der Waals surface area (Å²) in [6.07, 6.45) is 4.11. The lowest BCUT2D eigenvalue weighted by atomic mass is 9.68. The van der Waals surface area contributed by atoms with Gasteiger partial charge in [-0.15, -0.1) is 0 Å². The number of aryl methyl sites for hydroxylation is 1. The fraction of sp³-hybridized carbons (Fsp3) is 0.611. The lowest BCUT2D eigenvalue weighted by Gasteiger charge is -2.43. The molecule has 2 aliphatic carbocycles. The highest BCUT2D eigenvalue weighted by molar-refractivity contribution is 5.77. The fourth-order valence-electron chi connectivity index (χ4n) is 4.96. The molecule has 1 aromatic heterocycles. The van der Waals surface area contributed by atoms with Crippen molar-refractivity contribution in [1.82, 2.24) is 4.98 Å². The average molecular weight is 284 g/mol. The molecule has 2 fully saturated rings. The zero-order valence-electron chi connectivity index (χ0n) is 13.4. The van der Waals surface area contributed by atoms with Crippen LogP contribution in [-0.4, -0.2) is 11.0 Å². The second-order valence-corrected chi connectivity index (χ2v) is 7.91. The number of anilines is 1. The van der Waals surface area contributed by atoms with Crippen LogP contribution in [0.15, 0.2) is 22.6 Å². The van der Waals surface area contributed by atoms with Crippen molar-refractivity contribution in [1.29, 1.82) is 0 Å². The topological polar surface area (TPSA) is 38.1 Å². The maximum Gasteiger partial charge on any atom is 0.192 e. The van der Waals surface area contributed by atoms with Gasteiger partial charge < -0.3 is 9.73 Å². The Morgan fingerprint density at radius 3 is 2.81 bits per heavy atom. The zero-order chi connectivity index (χ0) is 14.8. The molecule has 0 amide bonds. The van der Waals surface area contributed by atoms with E-state index in [-0.39, 0.29) is 0 Å². The van der Waals surface area contributed by atoms with Gasteiger partial charge in [0.05, 0.1) is 0 Å². The zero-order valence-corrected chi connectivity index (χ0v) is 13.4. The quantitative estimate of drug-likeness (QED) is 0.863. The van der Waals surface area contributed by atoms with Crippen LogP contribution < -0.4 is 5.32 Å². The molecule has 2 aromatic rings. The number of fused-ring (bicyclic) bond motifs is 3. The molecule has 3 atom stereocenters. The molecule has 1 unspecified atom stereocenters. The SMILES string of the molecule is Cc1nc2cc(NC3C(C)(C)[C@H]4CC[C@]3(C)C4)ccc2o1. The summed E-state index contributed by atoms with van der Waals surface area (Å²) in [6.45, 7) is 9.21. The van der Waals surface area contributed by atoms with Crippen LogP contribution in [0.5, 0.6) is 0 Å². The van der Waals surface area contributed by atoms with E-state index < -0.39 is 0 Å². The summed E-state index contributed by atoms with van der Waals surface area (Å²) in [5.41, 5.74) is 3.78. The van der Waals surface area contributed by atoms with E-state index in [0.717, 1.165) is 22.9 Å². The summed E-state index contributed by atoms with van der Waals surface area (Å²) in [4.78, 5) is 4.44. The largest absolute Gasteiger partial charge is 0.441 e. The van der Waals surface area contributed by atoms with Crippen molar-refractivity contribution in [3.8, 4) is 0 Å². The minimum Gasteiger partial charge on any atom is -0.441 e. The van der Waals surface area contributed by atoms with Crippen molar-refractivity contribution < 1.29 is 4.42 Å². The summed E-state index contributed by atoms with van der Waals surface area (Å²) < 4.78 is 5.56. The van der Waals surface area contributed by atoms with Gasteiger partial charge in [0, 0.05) is 18.7 Å². The van der Waals surface area contributed by atoms with E-state index in [1.165, 1.54) is 24.9 Å². The molecule has 1 N–H and O–H groups in total. The molecule has 112 valence electrons. The van der Waals surface area contributed by atoms with Gasteiger partial charge in [-0.25, -0.2) is 4.98 Å². The molecule has 2 bridgehead atoms. The van der Waals surface area contributed by atoms with Gasteiger partial charge >= 0.3 is 0 Å². The third-order valence-corrected chi connectivity index (χ3v) is 6.08. The second-order valence-electron chi connectivity index (χ2n) is 7.91. The molecule has 2 saturated carbocycles. The van der Waals surface area contributed by atoms with Gasteiger partial charge in [-0.1, -0.05) is 20.8 Å². The number of hydrogen-bond donors (Lipinski definition) is 1. The molecule has 0 saturated heterocycles. The van der Waals surface area contributed by atoms with Crippen LogP contribution in [0.25, 0.3) is 11.1 Å². The van der Waals surface area contributed by atoms with Crippen molar-refractivity contribution >= 4 is 16.8 Å². The normalized spacial score (nSPS) is 33.7. The Kier molecular flexibility index (Phi) is 2.52. The van der Waals surface area contributed by atoms with E-state index in [1.54, 1.807) is 0 Å². The van der Waals surface area contributed by atoms with Crippen molar-refractivity contribution in [2.45, 2.75) is 53.0 Å². The second kappa shape index (κ2) is 4.02. The number of hydrogen-bond acceptors (Lipinski definition) is 3. The van der Waals surface area contributed by atoms with Crippen LogP contribution in [0.2, 0.25) is 0 Å². The highest BCUT2D eigenvalue weighted by Gasteiger charge is 2.59. The highest BCUT2D eigenvalue weighted by atomic mass is 16.3. The van der Waals surface area contributed by atoms with Gasteiger partial charge in [-0.3, -0.25) is 0 Å². The summed E-state index contributed by atoms with van der Waals surface area (Å²) in [5, 5.41) is 3.82. The van der Waals surface area contributed by atoms with Gasteiger partial charge in [0.15, 0.2) is 11.5 Å². The Labute approximate surface area is 126 Å². The molecule has 1 aromatic carbocycles. The van der Waals surface area contributed by atoms with Crippen molar-refractivity contribution in [2.24, 2.45) is 16.7 Å². The summed E-state index contributed by atoms with van der Waals surface area (Å²) in [5.74, 6) is 1.59. The summed E-state index contributed by atoms with van der Waals surface area (Å²) in [7, 11) is 0. The van der Waals surface area contributed by atoms with Gasteiger partial charge in [-0.2, -0.15) is 0 Å². The molecule has 3 heteroatoms. The smallest absolute Gasteiger partial charge is 0.192 e. The van der Waals surface area contributed by atoms with E-state index >= 15 is 0 Å². The Morgan fingerprint density at radius 2 is 2.10 bits per heavy atom. The van der Waals surface area contributed by atoms with Gasteiger partial charge in [0.1, 0.15) is 5.52 Å². The molecule has 21 heavy (non-hydrogen) atoms. The molecule has 3 nitrogen and oxygen atoms in total. The number of oxazole rings is 1. The Hall–Kier alpha value is -1.51. The molecule has 0 aliphatic heterocycles. The Balaban J connectivity index is 1.67. The minimum atomic E-state index is 0.363. The third kappa shape index (κ3) is 1.82. The van der Waals surface area contributed by atoms with Crippen LogP contribution in [0.4, 0.5) is 5.69 Å². The molecular weight excluding hydrogens is 260 g/mol. The first-order valence-corrected chi connectivity index (χ1v) is 8.02. The lowest BCUT2D eigenvalue weighted by Crippen LogP contribution is -2.45. The number of rotatable bonds is 2. The van der Waals surface area contributed by atoms with Crippen molar-refractivity contribution in [3.63, 3.8) is 0 Å². The van der Waals surface area contributed by atoms with E-state index in [2.05, 4.69) is 43.2 Å². The predicted octanol–water partition coefficient (Wildman–Crippen LogP) is 4.76. The third-order valence-electron chi connectivity index (χ3n) is 6.08. The van der Waals surface area contributed by atoms with Crippen LogP contribution in [0.1, 0.15) is 45.9 Å². The molecule has 1 heterocycles. The Morgan fingerprint density at radius 1 is 1.29 bits per heavy atom. The number of aromatic nitrogens is 1. The first-order valence-electron chi connectivity index (χ1n) is 8.02. The Bertz CT molecular complexity index is 698. The first kappa shape index (κ1) is 13.2. The maximum atomic E-state index is 5.56. The van der Waals surface area contributed by atoms with Crippen LogP contribution in [0.3, 0.4) is 0 Å². The van der Waals surface area contributed by atoms with Crippen LogP contribution >= 0.6 is 0 Å². The fourth-order valence-corrected chi connectivity index (χ4v) is 4.96. The minimum absolute atomic E-state index is 0.363. The van der Waals surface area contributed by atoms with Gasteiger partial charge in [0.25, 0.3) is 0 Å². The maximum absolute atomic E-state index is 5.56. The molecule has 0 spiro atoms. The van der Waals surface area contributed by atoms with Gasteiger partial charge in [-0.05, 0) is 54.2 Å². The highest BCUT2D eigenvalue weighted by Crippen LogP contribution is 2.63. The molecule has 2 aliphatic rings. The summed E-state index contributed by atoms with van der Waals surface area (Å²) >= 11 is 0. The van der Waals surface area contributed by atoms with E-state index in [1.807, 2.05) is 13.0 Å². The van der Waals surface area contributed by atoms with E-state index in [0.29, 0.717) is 16.9 Å². The summed E-state index contributed by atoms with van der Waals surface area (Å²) in [6, 6.07) is 6.81. The van der Waals surface area contributed by atoms with E-state index in [9.17, 15) is 0 Å². The van der Waals surface area contributed by atoms with Crippen molar-refractivity contribution in [3.05, 3.63) is 24.1 Å². The van der Waals surface area contributed by atoms with Crippen LogP contribution in [0, 0.1) is 23.7 Å². The van der Waals surface area contributed by atoms with E-state index in [4.69, 9.17) is 4.42 Å². The first-order chi connectivity index (χ1) is 9.88. The standard InChI is InChI=1S/C18H24N2O/c1-11-19-14-9-13(5-6-15(14)21-11)20-16-17(2,3)12-7-8-18(16,4)10-12/h5-6,9,12,16,20H,7-8,10H2,1-4H3/t12-,16?,18+/m0/s1. The number of benzene rings is 1. The molecular formula is C18H24N2O. The lowest BCUT2D eigenvalue weighted by molar-refractivity contribution is 0.155. The number of nitrogens with one attached hydrogen (secondary N) is 1. The molecule has 0 radical (unpaired) electrons. The van der Waals surface area contributed by atoms with Gasteiger partial charge in [0.2, 0.25) is 0 Å². The van der Waals surface area contributed by atoms with Crippen molar-refractivity contribution in [2.75, 3.05) is 5.32 Å². The number of nitrogens with zero attached hydrogens (tertiary/aromatic N) is 1. The average Bonchev–Trinajstić information content (AvgIpc) is 3.02. The molecule has 4 rings (SSSR count).